The molecule has 0 amide bonds. The first-order valence-electron chi connectivity index (χ1n) is 4.00. The molecular formula is C9H10N2S2. The number of nitrogens with two attached hydrogens (primary N) is 1. The average molecular weight is 210 g/mol. The summed E-state index contributed by atoms with van der Waals surface area (Å²) in [6.45, 7) is 2.00. The Morgan fingerprint density at radius 1 is 1.54 bits per heavy atom. The Labute approximate surface area is 85.1 Å². The van der Waals surface area contributed by atoms with E-state index in [0.717, 1.165) is 16.3 Å². The van der Waals surface area contributed by atoms with Gasteiger partial charge in [0.05, 0.1) is 0 Å². The van der Waals surface area contributed by atoms with Crippen molar-refractivity contribution in [1.29, 1.82) is 0 Å². The SMILES string of the molecule is Cc1sc(Cc2cccs2)nc1N. The van der Waals surface area contributed by atoms with Crippen molar-refractivity contribution in [2.75, 3.05) is 5.73 Å². The Bertz CT molecular complexity index is 370. The van der Waals surface area contributed by atoms with Gasteiger partial charge in [0, 0.05) is 16.2 Å². The minimum absolute atomic E-state index is 0.677. The zero-order valence-corrected chi connectivity index (χ0v) is 8.91. The summed E-state index contributed by atoms with van der Waals surface area (Å²) in [6.07, 6.45) is 0.917. The molecular weight excluding hydrogens is 200 g/mol. The second-order valence-corrected chi connectivity index (χ2v) is 5.13. The Hall–Kier alpha value is -0.870. The lowest BCUT2D eigenvalue weighted by molar-refractivity contribution is 1.17. The van der Waals surface area contributed by atoms with Crippen LogP contribution in [-0.2, 0) is 6.42 Å². The molecule has 0 spiro atoms. The van der Waals surface area contributed by atoms with Gasteiger partial charge >= 0.3 is 0 Å². The van der Waals surface area contributed by atoms with Crippen molar-refractivity contribution in [2.24, 2.45) is 0 Å². The van der Waals surface area contributed by atoms with Crippen LogP contribution in [0.2, 0.25) is 0 Å². The maximum Gasteiger partial charge on any atom is 0.137 e. The number of nitrogen functional groups attached to an aromatic ring is 1. The highest BCUT2D eigenvalue weighted by atomic mass is 32.1. The summed E-state index contributed by atoms with van der Waals surface area (Å²) in [7, 11) is 0. The van der Waals surface area contributed by atoms with Gasteiger partial charge in [0.25, 0.3) is 0 Å². The summed E-state index contributed by atoms with van der Waals surface area (Å²) in [5.41, 5.74) is 5.67. The standard InChI is InChI=1S/C9H10N2S2/c1-6-9(10)11-8(13-6)5-7-3-2-4-12-7/h2-4H,5,10H2,1H3. The molecule has 0 aliphatic rings. The van der Waals surface area contributed by atoms with E-state index in [1.165, 1.54) is 4.88 Å². The molecule has 4 heteroatoms. The molecule has 0 aromatic carbocycles. The fourth-order valence-electron chi connectivity index (χ4n) is 1.10. The number of nitrogens with zero attached hydrogens (tertiary/aromatic N) is 1. The third-order valence-electron chi connectivity index (χ3n) is 1.78. The number of aryl methyl sites for hydroxylation is 1. The molecule has 0 saturated heterocycles. The van der Waals surface area contributed by atoms with Crippen molar-refractivity contribution in [3.05, 3.63) is 32.3 Å². The molecule has 0 bridgehead atoms. The van der Waals surface area contributed by atoms with Crippen LogP contribution in [0.5, 0.6) is 0 Å². The van der Waals surface area contributed by atoms with Gasteiger partial charge in [-0.25, -0.2) is 4.98 Å². The minimum atomic E-state index is 0.677. The quantitative estimate of drug-likeness (QED) is 0.827. The van der Waals surface area contributed by atoms with Crippen LogP contribution >= 0.6 is 22.7 Å². The van der Waals surface area contributed by atoms with E-state index in [-0.39, 0.29) is 0 Å². The smallest absolute Gasteiger partial charge is 0.137 e. The average Bonchev–Trinajstić information content (AvgIpc) is 2.64. The Morgan fingerprint density at radius 3 is 2.92 bits per heavy atom. The topological polar surface area (TPSA) is 38.9 Å². The van der Waals surface area contributed by atoms with Gasteiger partial charge < -0.3 is 5.73 Å². The van der Waals surface area contributed by atoms with E-state index >= 15 is 0 Å². The Kier molecular flexibility index (Phi) is 2.33. The zero-order chi connectivity index (χ0) is 9.26. The van der Waals surface area contributed by atoms with E-state index in [4.69, 9.17) is 5.73 Å². The monoisotopic (exact) mass is 210 g/mol. The van der Waals surface area contributed by atoms with Crippen LogP contribution in [-0.4, -0.2) is 4.98 Å². The van der Waals surface area contributed by atoms with Crippen molar-refractivity contribution in [1.82, 2.24) is 4.98 Å². The van der Waals surface area contributed by atoms with Gasteiger partial charge in [-0.3, -0.25) is 0 Å². The summed E-state index contributed by atoms with van der Waals surface area (Å²) >= 11 is 3.44. The van der Waals surface area contributed by atoms with E-state index in [1.807, 2.05) is 6.92 Å². The van der Waals surface area contributed by atoms with Crippen LogP contribution in [0.1, 0.15) is 14.8 Å². The van der Waals surface area contributed by atoms with Crippen molar-refractivity contribution < 1.29 is 0 Å². The van der Waals surface area contributed by atoms with Crippen LogP contribution in [0.3, 0.4) is 0 Å². The van der Waals surface area contributed by atoms with Gasteiger partial charge in [0.1, 0.15) is 10.8 Å². The molecule has 0 unspecified atom stereocenters. The maximum atomic E-state index is 5.67. The van der Waals surface area contributed by atoms with Crippen LogP contribution < -0.4 is 5.73 Å². The molecule has 0 fully saturated rings. The molecule has 2 nitrogen and oxygen atoms in total. The lowest BCUT2D eigenvalue weighted by Crippen LogP contribution is -1.88. The van der Waals surface area contributed by atoms with Gasteiger partial charge in [-0.15, -0.1) is 22.7 Å². The minimum Gasteiger partial charge on any atom is -0.383 e. The van der Waals surface area contributed by atoms with E-state index in [9.17, 15) is 0 Å². The highest BCUT2D eigenvalue weighted by Crippen LogP contribution is 2.23. The molecule has 68 valence electrons. The second kappa shape index (κ2) is 3.47. The molecule has 2 rings (SSSR count). The molecule has 13 heavy (non-hydrogen) atoms. The van der Waals surface area contributed by atoms with Gasteiger partial charge in [-0.05, 0) is 18.4 Å². The summed E-state index contributed by atoms with van der Waals surface area (Å²) in [5.74, 6) is 0.677. The highest BCUT2D eigenvalue weighted by molar-refractivity contribution is 7.12. The molecule has 2 aromatic heterocycles. The van der Waals surface area contributed by atoms with Gasteiger partial charge in [0.15, 0.2) is 0 Å². The molecule has 2 aromatic rings. The summed E-state index contributed by atoms with van der Waals surface area (Å²) in [5, 5.41) is 3.19. The molecule has 0 atom stereocenters. The summed E-state index contributed by atoms with van der Waals surface area (Å²) < 4.78 is 0. The predicted molar refractivity (Wildman–Crippen MR) is 58.4 cm³/mol. The number of aromatic nitrogens is 1. The number of hydrogen-bond acceptors (Lipinski definition) is 4. The third-order valence-corrected chi connectivity index (χ3v) is 3.65. The second-order valence-electron chi connectivity index (χ2n) is 2.81. The van der Waals surface area contributed by atoms with E-state index in [0.29, 0.717) is 5.82 Å². The van der Waals surface area contributed by atoms with E-state index in [2.05, 4.69) is 22.5 Å². The van der Waals surface area contributed by atoms with Crippen molar-refractivity contribution in [3.63, 3.8) is 0 Å². The van der Waals surface area contributed by atoms with Crippen molar-refractivity contribution >= 4 is 28.5 Å². The largest absolute Gasteiger partial charge is 0.383 e. The zero-order valence-electron chi connectivity index (χ0n) is 7.28. The van der Waals surface area contributed by atoms with Crippen LogP contribution in [0.25, 0.3) is 0 Å². The van der Waals surface area contributed by atoms with E-state index in [1.54, 1.807) is 22.7 Å². The number of thiophene rings is 1. The number of rotatable bonds is 2. The number of thiazole rings is 1. The van der Waals surface area contributed by atoms with Crippen LogP contribution in [0.4, 0.5) is 5.82 Å². The first-order valence-corrected chi connectivity index (χ1v) is 5.69. The fourth-order valence-corrected chi connectivity index (χ4v) is 2.78. The first-order chi connectivity index (χ1) is 6.25. The molecule has 0 aliphatic heterocycles. The molecule has 0 aliphatic carbocycles. The molecule has 2 heterocycles. The third kappa shape index (κ3) is 1.89. The number of anilines is 1. The molecule has 0 radical (unpaired) electrons. The van der Waals surface area contributed by atoms with Crippen LogP contribution in [0.15, 0.2) is 17.5 Å². The summed E-state index contributed by atoms with van der Waals surface area (Å²) in [4.78, 5) is 6.75. The van der Waals surface area contributed by atoms with Gasteiger partial charge in [0.2, 0.25) is 0 Å². The number of hydrogen-bond donors (Lipinski definition) is 1. The Morgan fingerprint density at radius 2 is 2.38 bits per heavy atom. The predicted octanol–water partition coefficient (Wildman–Crippen LogP) is 2.69. The lowest BCUT2D eigenvalue weighted by Gasteiger charge is -1.89. The fraction of sp³-hybridized carbons (Fsp3) is 0.222. The normalized spacial score (nSPS) is 10.5. The maximum absolute atomic E-state index is 5.67. The molecule has 0 saturated carbocycles. The Balaban J connectivity index is 2.19. The van der Waals surface area contributed by atoms with Gasteiger partial charge in [-0.1, -0.05) is 6.07 Å². The lowest BCUT2D eigenvalue weighted by atomic mass is 10.4. The highest BCUT2D eigenvalue weighted by Gasteiger charge is 2.05. The molecule has 2 N–H and O–H groups in total. The first kappa shape index (κ1) is 8.72. The van der Waals surface area contributed by atoms with Crippen LogP contribution in [0, 0.1) is 6.92 Å². The summed E-state index contributed by atoms with van der Waals surface area (Å²) in [6, 6.07) is 4.18. The van der Waals surface area contributed by atoms with Crippen molar-refractivity contribution in [2.45, 2.75) is 13.3 Å². The van der Waals surface area contributed by atoms with Gasteiger partial charge in [-0.2, -0.15) is 0 Å². The van der Waals surface area contributed by atoms with E-state index < -0.39 is 0 Å². The van der Waals surface area contributed by atoms with Crippen molar-refractivity contribution in [3.8, 4) is 0 Å².